The highest BCUT2D eigenvalue weighted by Gasteiger charge is 2.24. The Labute approximate surface area is 182 Å². The van der Waals surface area contributed by atoms with Crippen molar-refractivity contribution >= 4 is 28.5 Å². The predicted molar refractivity (Wildman–Crippen MR) is 120 cm³/mol. The van der Waals surface area contributed by atoms with Crippen LogP contribution >= 0.6 is 11.6 Å². The Morgan fingerprint density at radius 2 is 1.97 bits per heavy atom. The Kier molecular flexibility index (Phi) is 4.84. The van der Waals surface area contributed by atoms with Gasteiger partial charge in [-0.25, -0.2) is 4.98 Å². The molecule has 3 heterocycles. The molecule has 7 nitrogen and oxygen atoms in total. The molecule has 0 radical (unpaired) electrons. The van der Waals surface area contributed by atoms with Gasteiger partial charge in [0.1, 0.15) is 11.4 Å². The van der Waals surface area contributed by atoms with Crippen LogP contribution in [0.3, 0.4) is 0 Å². The first-order valence-electron chi connectivity index (χ1n) is 9.90. The molecule has 0 atom stereocenters. The number of aromatic nitrogens is 2. The first-order chi connectivity index (χ1) is 15.0. The number of fused-ring (bicyclic) bond motifs is 2. The summed E-state index contributed by atoms with van der Waals surface area (Å²) in [6.45, 7) is 1.29. The number of benzene rings is 2. The smallest absolute Gasteiger partial charge is 0.255 e. The molecule has 2 aromatic carbocycles. The maximum absolute atomic E-state index is 13.0. The maximum atomic E-state index is 13.0. The van der Waals surface area contributed by atoms with Crippen molar-refractivity contribution in [3.63, 3.8) is 0 Å². The summed E-state index contributed by atoms with van der Waals surface area (Å²) in [5.41, 5.74) is 8.69. The van der Waals surface area contributed by atoms with Crippen LogP contribution in [-0.2, 0) is 19.5 Å². The molecule has 31 heavy (non-hydrogen) atoms. The minimum absolute atomic E-state index is 0.0806. The molecule has 0 spiro atoms. The highest BCUT2D eigenvalue weighted by atomic mass is 35.5. The molecular weight excluding hydrogens is 416 g/mol. The number of nitrogens with zero attached hydrogens (tertiary/aromatic N) is 2. The van der Waals surface area contributed by atoms with Crippen molar-refractivity contribution in [3.8, 4) is 11.4 Å². The normalized spacial score (nSPS) is 14.0. The average Bonchev–Trinajstić information content (AvgIpc) is 2.78. The Balaban J connectivity index is 1.46. The fraction of sp³-hybridized carbons (Fsp3) is 0.174. The summed E-state index contributed by atoms with van der Waals surface area (Å²) in [7, 11) is 0. The molecule has 0 aliphatic carbocycles. The minimum atomic E-state index is -0.210. The van der Waals surface area contributed by atoms with Gasteiger partial charge in [-0.3, -0.25) is 14.5 Å². The van der Waals surface area contributed by atoms with E-state index in [1.54, 1.807) is 18.2 Å². The third-order valence-corrected chi connectivity index (χ3v) is 5.79. The van der Waals surface area contributed by atoms with E-state index in [4.69, 9.17) is 21.8 Å². The van der Waals surface area contributed by atoms with Gasteiger partial charge in [-0.2, -0.15) is 0 Å². The quantitative estimate of drug-likeness (QED) is 0.512. The van der Waals surface area contributed by atoms with Crippen LogP contribution in [0.5, 0.6) is 0 Å². The minimum Gasteiger partial charge on any atom is -0.440 e. The molecule has 0 saturated carbocycles. The van der Waals surface area contributed by atoms with Crippen molar-refractivity contribution in [2.45, 2.75) is 19.5 Å². The number of nitrogen functional groups attached to an aromatic ring is 1. The summed E-state index contributed by atoms with van der Waals surface area (Å²) in [6.07, 6.45) is 0.601. The van der Waals surface area contributed by atoms with Crippen molar-refractivity contribution in [1.29, 1.82) is 0 Å². The number of rotatable bonds is 3. The highest BCUT2D eigenvalue weighted by molar-refractivity contribution is 6.31. The third-order valence-electron chi connectivity index (χ3n) is 5.55. The van der Waals surface area contributed by atoms with Crippen LogP contribution in [0.1, 0.15) is 16.8 Å². The second-order valence-electron chi connectivity index (χ2n) is 7.58. The van der Waals surface area contributed by atoms with Crippen molar-refractivity contribution in [2.24, 2.45) is 0 Å². The van der Waals surface area contributed by atoms with Crippen LogP contribution in [0, 0.1) is 0 Å². The number of halogens is 1. The van der Waals surface area contributed by atoms with Crippen LogP contribution in [0.25, 0.3) is 22.4 Å². The zero-order chi connectivity index (χ0) is 21.5. The van der Waals surface area contributed by atoms with Crippen molar-refractivity contribution in [2.75, 3.05) is 12.3 Å². The number of nitrogens with two attached hydrogens (primary N) is 1. The maximum Gasteiger partial charge on any atom is 0.255 e. The van der Waals surface area contributed by atoms with Crippen LogP contribution < -0.4 is 16.7 Å². The van der Waals surface area contributed by atoms with E-state index in [9.17, 15) is 9.59 Å². The van der Waals surface area contributed by atoms with Gasteiger partial charge in [-0.1, -0.05) is 41.9 Å². The summed E-state index contributed by atoms with van der Waals surface area (Å²) in [6, 6.07) is 14.4. The summed E-state index contributed by atoms with van der Waals surface area (Å²) in [5, 5.41) is 0.843. The lowest BCUT2D eigenvalue weighted by Crippen LogP contribution is -2.36. The van der Waals surface area contributed by atoms with Gasteiger partial charge in [-0.05, 0) is 18.2 Å². The van der Waals surface area contributed by atoms with Crippen LogP contribution in [0.15, 0.2) is 62.5 Å². The number of hydrogen-bond acceptors (Lipinski definition) is 6. The van der Waals surface area contributed by atoms with Gasteiger partial charge < -0.3 is 15.1 Å². The van der Waals surface area contributed by atoms with Crippen molar-refractivity contribution < 1.29 is 4.42 Å². The molecule has 1 aliphatic rings. The fourth-order valence-electron chi connectivity index (χ4n) is 3.95. The summed E-state index contributed by atoms with van der Waals surface area (Å²) in [5.74, 6) is 0.645. The molecule has 0 saturated heterocycles. The SMILES string of the molecule is Nc1oc2ccc(Cl)cc2c(=O)c1CN1CCc2nc(-c3ccccc3)[nH]c(=O)c2C1. The Morgan fingerprint density at radius 1 is 1.16 bits per heavy atom. The van der Waals surface area contributed by atoms with Gasteiger partial charge in [0.05, 0.1) is 22.2 Å². The lowest BCUT2D eigenvalue weighted by Gasteiger charge is -2.27. The van der Waals surface area contributed by atoms with E-state index >= 15 is 0 Å². The Bertz CT molecular complexity index is 1410. The number of aromatic amines is 1. The second kappa shape index (κ2) is 7.68. The predicted octanol–water partition coefficient (Wildman–Crippen LogP) is 3.34. The van der Waals surface area contributed by atoms with Gasteiger partial charge in [-0.15, -0.1) is 0 Å². The van der Waals surface area contributed by atoms with E-state index in [0.29, 0.717) is 52.5 Å². The van der Waals surface area contributed by atoms with E-state index in [2.05, 4.69) is 9.97 Å². The number of nitrogens with one attached hydrogen (secondary N) is 1. The van der Waals surface area contributed by atoms with Gasteiger partial charge >= 0.3 is 0 Å². The fourth-order valence-corrected chi connectivity index (χ4v) is 4.12. The van der Waals surface area contributed by atoms with Crippen molar-refractivity contribution in [1.82, 2.24) is 14.9 Å². The average molecular weight is 435 g/mol. The molecule has 1 aliphatic heterocycles. The molecule has 4 aromatic rings. The van der Waals surface area contributed by atoms with Gasteiger partial charge in [0, 0.05) is 36.6 Å². The molecule has 156 valence electrons. The standard InChI is InChI=1S/C23H19ClN4O3/c24-14-6-7-19-15(10-14)20(29)17(21(25)31-19)12-28-9-8-18-16(11-28)23(30)27-22(26-18)13-4-2-1-3-5-13/h1-7,10H,8-9,11-12,25H2,(H,26,27,30). The molecule has 5 rings (SSSR count). The zero-order valence-corrected chi connectivity index (χ0v) is 17.3. The summed E-state index contributed by atoms with van der Waals surface area (Å²) in [4.78, 5) is 35.3. The van der Waals surface area contributed by atoms with E-state index in [-0.39, 0.29) is 23.4 Å². The van der Waals surface area contributed by atoms with Crippen LogP contribution in [0.4, 0.5) is 5.88 Å². The summed E-state index contributed by atoms with van der Waals surface area (Å²) >= 11 is 6.04. The molecule has 8 heteroatoms. The lowest BCUT2D eigenvalue weighted by atomic mass is 10.0. The molecule has 0 fully saturated rings. The van der Waals surface area contributed by atoms with E-state index in [1.165, 1.54) is 0 Å². The monoisotopic (exact) mass is 434 g/mol. The molecule has 3 N–H and O–H groups in total. The topological polar surface area (TPSA) is 105 Å². The lowest BCUT2D eigenvalue weighted by molar-refractivity contribution is 0.240. The zero-order valence-electron chi connectivity index (χ0n) is 16.5. The van der Waals surface area contributed by atoms with Gasteiger partial charge in [0.25, 0.3) is 5.56 Å². The third kappa shape index (κ3) is 3.62. The number of anilines is 1. The van der Waals surface area contributed by atoms with Gasteiger partial charge in [0.2, 0.25) is 0 Å². The van der Waals surface area contributed by atoms with Crippen molar-refractivity contribution in [3.05, 3.63) is 91.0 Å². The molecule has 0 bridgehead atoms. The molecule has 2 aromatic heterocycles. The largest absolute Gasteiger partial charge is 0.440 e. The number of hydrogen-bond donors (Lipinski definition) is 2. The number of H-pyrrole nitrogens is 1. The van der Waals surface area contributed by atoms with Crippen LogP contribution in [0.2, 0.25) is 5.02 Å². The molecule has 0 unspecified atom stereocenters. The van der Waals surface area contributed by atoms with Crippen LogP contribution in [-0.4, -0.2) is 21.4 Å². The van der Waals surface area contributed by atoms with E-state index in [1.807, 2.05) is 35.2 Å². The highest BCUT2D eigenvalue weighted by Crippen LogP contribution is 2.24. The Hall–Kier alpha value is -3.42. The summed E-state index contributed by atoms with van der Waals surface area (Å²) < 4.78 is 5.64. The molecule has 0 amide bonds. The van der Waals surface area contributed by atoms with Gasteiger partial charge in [0.15, 0.2) is 11.3 Å². The first-order valence-corrected chi connectivity index (χ1v) is 10.3. The second-order valence-corrected chi connectivity index (χ2v) is 8.02. The van der Waals surface area contributed by atoms with E-state index in [0.717, 1.165) is 11.3 Å². The first kappa shape index (κ1) is 19.5. The van der Waals surface area contributed by atoms with E-state index < -0.39 is 0 Å². The molecular formula is C23H19ClN4O3. The Morgan fingerprint density at radius 3 is 2.77 bits per heavy atom.